The third-order valence-corrected chi connectivity index (χ3v) is 8.55. The van der Waals surface area contributed by atoms with Gasteiger partial charge in [-0.05, 0) is 68.1 Å². The maximum absolute atomic E-state index is 5.67. The number of benzene rings is 6. The summed E-state index contributed by atoms with van der Waals surface area (Å²) >= 11 is 1.86. The first-order valence-electron chi connectivity index (χ1n) is 12.2. The molecule has 6 aromatic carbocycles. The number of hydrogen-bond acceptors (Lipinski definition) is 2. The highest BCUT2D eigenvalue weighted by molar-refractivity contribution is 7.26. The maximum Gasteiger partial charge on any atom is 0.135 e. The third kappa shape index (κ3) is 2.76. The van der Waals surface area contributed by atoms with Gasteiger partial charge in [-0.3, -0.25) is 0 Å². The second-order valence-corrected chi connectivity index (χ2v) is 10.3. The molecule has 8 aromatic rings. The normalized spacial score (nSPS) is 11.9. The summed E-state index contributed by atoms with van der Waals surface area (Å²) in [7, 11) is 0. The fourth-order valence-electron chi connectivity index (χ4n) is 5.79. The van der Waals surface area contributed by atoms with Crippen molar-refractivity contribution in [2.24, 2.45) is 0 Å². The van der Waals surface area contributed by atoms with Gasteiger partial charge in [-0.25, -0.2) is 0 Å². The first kappa shape index (κ1) is 19.9. The quantitative estimate of drug-likeness (QED) is 0.226. The molecule has 0 amide bonds. The smallest absolute Gasteiger partial charge is 0.135 e. The lowest BCUT2D eigenvalue weighted by Crippen LogP contribution is -1.90. The van der Waals surface area contributed by atoms with Crippen molar-refractivity contribution in [3.8, 4) is 22.3 Å². The second kappa shape index (κ2) is 7.55. The molecule has 0 N–H and O–H groups in total. The van der Waals surface area contributed by atoms with E-state index < -0.39 is 0 Å². The minimum absolute atomic E-state index is 0.947. The molecule has 0 aliphatic carbocycles. The van der Waals surface area contributed by atoms with Crippen LogP contribution in [0.15, 0.2) is 126 Å². The van der Waals surface area contributed by atoms with Crippen molar-refractivity contribution in [2.75, 3.05) is 0 Å². The van der Waals surface area contributed by atoms with Gasteiger partial charge >= 0.3 is 0 Å². The summed E-state index contributed by atoms with van der Waals surface area (Å²) in [6, 6.07) is 41.8. The highest BCUT2D eigenvalue weighted by atomic mass is 32.1. The van der Waals surface area contributed by atoms with Crippen LogP contribution in [-0.4, -0.2) is 0 Å². The average molecular weight is 477 g/mol. The highest BCUT2D eigenvalue weighted by Crippen LogP contribution is 2.45. The molecule has 0 spiro atoms. The van der Waals surface area contributed by atoms with Crippen molar-refractivity contribution in [1.82, 2.24) is 0 Å². The van der Waals surface area contributed by atoms with E-state index in [0.29, 0.717) is 0 Å². The maximum atomic E-state index is 5.67. The van der Waals surface area contributed by atoms with Crippen LogP contribution in [0.1, 0.15) is 0 Å². The van der Waals surface area contributed by atoms with E-state index in [1.165, 1.54) is 69.4 Å². The Bertz CT molecular complexity index is 2040. The van der Waals surface area contributed by atoms with Gasteiger partial charge in [-0.1, -0.05) is 91.0 Å². The molecule has 8 rings (SSSR count). The van der Waals surface area contributed by atoms with Crippen LogP contribution in [0.5, 0.6) is 0 Å². The number of fused-ring (bicyclic) bond motifs is 7. The van der Waals surface area contributed by atoms with Gasteiger partial charge in [-0.2, -0.15) is 0 Å². The zero-order valence-corrected chi connectivity index (χ0v) is 20.2. The molecular formula is C34H20OS. The van der Waals surface area contributed by atoms with Crippen LogP contribution >= 0.6 is 11.3 Å². The van der Waals surface area contributed by atoms with E-state index >= 15 is 0 Å². The fourth-order valence-corrected chi connectivity index (χ4v) is 7.05. The van der Waals surface area contributed by atoms with Crippen molar-refractivity contribution in [3.63, 3.8) is 0 Å². The van der Waals surface area contributed by atoms with Crippen molar-refractivity contribution in [3.05, 3.63) is 122 Å². The van der Waals surface area contributed by atoms with Crippen LogP contribution < -0.4 is 0 Å². The van der Waals surface area contributed by atoms with E-state index in [1.807, 2.05) is 11.3 Å². The molecule has 36 heavy (non-hydrogen) atoms. The van der Waals surface area contributed by atoms with Crippen LogP contribution in [0.2, 0.25) is 0 Å². The lowest BCUT2D eigenvalue weighted by molar-refractivity contribution is 0.616. The summed E-state index contributed by atoms with van der Waals surface area (Å²) < 4.78 is 8.26. The molecular weight excluding hydrogens is 456 g/mol. The van der Waals surface area contributed by atoms with Crippen molar-refractivity contribution in [2.45, 2.75) is 0 Å². The van der Waals surface area contributed by atoms with Crippen molar-refractivity contribution < 1.29 is 4.42 Å². The monoisotopic (exact) mass is 476 g/mol. The first-order valence-corrected chi connectivity index (χ1v) is 13.0. The third-order valence-electron chi connectivity index (χ3n) is 7.35. The van der Waals surface area contributed by atoms with Crippen LogP contribution in [0, 0.1) is 0 Å². The molecule has 0 aliphatic rings. The highest BCUT2D eigenvalue weighted by Gasteiger charge is 2.17. The van der Waals surface area contributed by atoms with E-state index in [0.717, 1.165) is 5.58 Å². The zero-order chi connectivity index (χ0) is 23.6. The van der Waals surface area contributed by atoms with Gasteiger partial charge in [-0.15, -0.1) is 11.3 Å². The van der Waals surface area contributed by atoms with Gasteiger partial charge in [0.05, 0.1) is 6.26 Å². The summed E-state index contributed by atoms with van der Waals surface area (Å²) in [5, 5.41) is 8.93. The number of thiophene rings is 1. The second-order valence-electron chi connectivity index (χ2n) is 9.29. The van der Waals surface area contributed by atoms with E-state index in [2.05, 4.69) is 115 Å². The number of rotatable bonds is 2. The van der Waals surface area contributed by atoms with Crippen LogP contribution in [-0.2, 0) is 0 Å². The van der Waals surface area contributed by atoms with E-state index in [4.69, 9.17) is 4.42 Å². The molecule has 0 unspecified atom stereocenters. The Morgan fingerprint density at radius 3 is 1.75 bits per heavy atom. The van der Waals surface area contributed by atoms with Crippen LogP contribution in [0.25, 0.3) is 74.9 Å². The Morgan fingerprint density at radius 1 is 0.444 bits per heavy atom. The Balaban J connectivity index is 1.48. The molecule has 0 bridgehead atoms. The Labute approximate surface area is 211 Å². The number of hydrogen-bond donors (Lipinski definition) is 0. The predicted octanol–water partition coefficient (Wildman–Crippen LogP) is 10.4. The van der Waals surface area contributed by atoms with E-state index in [1.54, 1.807) is 6.26 Å². The van der Waals surface area contributed by atoms with Crippen molar-refractivity contribution in [1.29, 1.82) is 0 Å². The standard InChI is InChI=1S/C34H20OS/c1-2-8-21(9-3-1)32-24-10-4-6-12-26(24)33(27-13-7-5-11-25(27)32)22-14-15-23-28-16-17-30-29(18-19-35-30)34(28)36-31(23)20-22/h1-20H. The van der Waals surface area contributed by atoms with Gasteiger partial charge < -0.3 is 4.42 Å². The molecule has 0 aliphatic heterocycles. The van der Waals surface area contributed by atoms with Crippen LogP contribution in [0.3, 0.4) is 0 Å². The van der Waals surface area contributed by atoms with Crippen molar-refractivity contribution >= 4 is 64.0 Å². The molecule has 2 aromatic heterocycles. The predicted molar refractivity (Wildman–Crippen MR) is 155 cm³/mol. The zero-order valence-electron chi connectivity index (χ0n) is 19.4. The van der Waals surface area contributed by atoms with Gasteiger partial charge in [0, 0.05) is 25.6 Å². The lowest BCUT2D eigenvalue weighted by atomic mass is 9.86. The fraction of sp³-hybridized carbons (Fsp3) is 0. The largest absolute Gasteiger partial charge is 0.464 e. The molecule has 0 saturated carbocycles. The lowest BCUT2D eigenvalue weighted by Gasteiger charge is -2.17. The summed E-state index contributed by atoms with van der Waals surface area (Å²) in [6.45, 7) is 0. The van der Waals surface area contributed by atoms with Gasteiger partial charge in [0.15, 0.2) is 0 Å². The van der Waals surface area contributed by atoms with Gasteiger partial charge in [0.25, 0.3) is 0 Å². The van der Waals surface area contributed by atoms with Gasteiger partial charge in [0.1, 0.15) is 5.58 Å². The molecule has 2 heterocycles. The van der Waals surface area contributed by atoms with E-state index in [-0.39, 0.29) is 0 Å². The molecule has 0 fully saturated rings. The molecule has 0 radical (unpaired) electrons. The molecule has 168 valence electrons. The SMILES string of the molecule is c1ccc(-c2c3ccccc3c(-c3ccc4c(c3)sc3c5ccoc5ccc43)c3ccccc23)cc1. The molecule has 0 saturated heterocycles. The van der Waals surface area contributed by atoms with Gasteiger partial charge in [0.2, 0.25) is 0 Å². The molecule has 2 heteroatoms. The van der Waals surface area contributed by atoms with E-state index in [9.17, 15) is 0 Å². The Morgan fingerprint density at radius 2 is 1.06 bits per heavy atom. The summed E-state index contributed by atoms with van der Waals surface area (Å²) in [5.41, 5.74) is 6.05. The van der Waals surface area contributed by atoms with Crippen LogP contribution in [0.4, 0.5) is 0 Å². The number of furan rings is 1. The topological polar surface area (TPSA) is 13.1 Å². The summed E-state index contributed by atoms with van der Waals surface area (Å²) in [5.74, 6) is 0. The average Bonchev–Trinajstić information content (AvgIpc) is 3.56. The molecule has 0 atom stereocenters. The first-order chi connectivity index (χ1) is 17.9. The summed E-state index contributed by atoms with van der Waals surface area (Å²) in [6.07, 6.45) is 1.78. The Hall–Kier alpha value is -4.40. The molecule has 1 nitrogen and oxygen atoms in total. The minimum Gasteiger partial charge on any atom is -0.464 e. The Kier molecular flexibility index (Phi) is 4.16. The summed E-state index contributed by atoms with van der Waals surface area (Å²) in [4.78, 5) is 0. The minimum atomic E-state index is 0.947.